The maximum Gasteiger partial charge on any atom is 0.291 e. The van der Waals surface area contributed by atoms with Crippen LogP contribution in [0.1, 0.15) is 27.7 Å². The Balaban J connectivity index is 3.06. The molecule has 0 atom stereocenters. The van der Waals surface area contributed by atoms with Crippen LogP contribution in [0.25, 0.3) is 0 Å². The molecule has 0 fully saturated rings. The van der Waals surface area contributed by atoms with Gasteiger partial charge >= 0.3 is 0 Å². The lowest BCUT2D eigenvalue weighted by Gasteiger charge is -2.18. The minimum Gasteiger partial charge on any atom is -0.352 e. The highest BCUT2D eigenvalue weighted by Crippen LogP contribution is 2.24. The second-order valence-electron chi connectivity index (χ2n) is 4.80. The SMILES string of the molecule is CC(C)Nc1nc(NC(C)(C)C#N)nc(SC(F)F)n1. The van der Waals surface area contributed by atoms with Gasteiger partial charge in [0.15, 0.2) is 5.16 Å². The zero-order valence-corrected chi connectivity index (χ0v) is 12.4. The molecule has 110 valence electrons. The van der Waals surface area contributed by atoms with Gasteiger partial charge < -0.3 is 10.6 Å². The van der Waals surface area contributed by atoms with Crippen LogP contribution in [0, 0.1) is 11.3 Å². The fraction of sp³-hybridized carbons (Fsp3) is 0.636. The molecule has 0 aliphatic heterocycles. The van der Waals surface area contributed by atoms with Crippen LogP contribution in [-0.2, 0) is 0 Å². The summed E-state index contributed by atoms with van der Waals surface area (Å²) in [7, 11) is 0. The molecule has 0 aromatic carbocycles. The van der Waals surface area contributed by atoms with Gasteiger partial charge in [-0.3, -0.25) is 0 Å². The van der Waals surface area contributed by atoms with Crippen molar-refractivity contribution in [2.45, 2.75) is 50.2 Å². The summed E-state index contributed by atoms with van der Waals surface area (Å²) < 4.78 is 24.8. The summed E-state index contributed by atoms with van der Waals surface area (Å²) in [4.78, 5) is 11.8. The monoisotopic (exact) mass is 302 g/mol. The third-order valence-electron chi connectivity index (χ3n) is 1.93. The zero-order chi connectivity index (χ0) is 15.3. The summed E-state index contributed by atoms with van der Waals surface area (Å²) >= 11 is 0.229. The fourth-order valence-electron chi connectivity index (χ4n) is 1.17. The Morgan fingerprint density at radius 2 is 1.80 bits per heavy atom. The summed E-state index contributed by atoms with van der Waals surface area (Å²) in [6.07, 6.45) is 0. The van der Waals surface area contributed by atoms with Crippen LogP contribution in [0.5, 0.6) is 0 Å². The van der Waals surface area contributed by atoms with E-state index in [1.165, 1.54) is 0 Å². The highest BCUT2D eigenvalue weighted by molar-refractivity contribution is 7.99. The van der Waals surface area contributed by atoms with E-state index in [-0.39, 0.29) is 34.9 Å². The van der Waals surface area contributed by atoms with Gasteiger partial charge in [0.05, 0.1) is 6.07 Å². The van der Waals surface area contributed by atoms with Crippen molar-refractivity contribution in [2.75, 3.05) is 10.6 Å². The Kier molecular flexibility index (Phi) is 5.44. The Labute approximate surface area is 120 Å². The molecule has 9 heteroatoms. The number of hydrogen-bond acceptors (Lipinski definition) is 7. The molecular weight excluding hydrogens is 286 g/mol. The summed E-state index contributed by atoms with van der Waals surface area (Å²) in [6, 6.07) is 2.06. The second-order valence-corrected chi connectivity index (χ2v) is 5.76. The molecule has 20 heavy (non-hydrogen) atoms. The van der Waals surface area contributed by atoms with Crippen molar-refractivity contribution in [3.63, 3.8) is 0 Å². The largest absolute Gasteiger partial charge is 0.352 e. The fourth-order valence-corrected chi connectivity index (χ4v) is 1.61. The third-order valence-corrected chi connectivity index (χ3v) is 2.50. The smallest absolute Gasteiger partial charge is 0.291 e. The average Bonchev–Trinajstić information content (AvgIpc) is 2.25. The van der Waals surface area contributed by atoms with Crippen molar-refractivity contribution >= 4 is 23.7 Å². The number of rotatable bonds is 6. The van der Waals surface area contributed by atoms with E-state index in [9.17, 15) is 8.78 Å². The molecule has 0 aliphatic carbocycles. The van der Waals surface area contributed by atoms with Crippen molar-refractivity contribution in [1.82, 2.24) is 15.0 Å². The van der Waals surface area contributed by atoms with Gasteiger partial charge in [0.2, 0.25) is 11.9 Å². The van der Waals surface area contributed by atoms with E-state index in [4.69, 9.17) is 5.26 Å². The minimum atomic E-state index is -2.62. The Bertz CT molecular complexity index is 472. The first kappa shape index (κ1) is 16.4. The molecule has 0 spiro atoms. The van der Waals surface area contributed by atoms with Crippen LogP contribution >= 0.6 is 11.8 Å². The van der Waals surface area contributed by atoms with E-state index < -0.39 is 11.3 Å². The summed E-state index contributed by atoms with van der Waals surface area (Å²) in [5.41, 5.74) is -0.913. The lowest BCUT2D eigenvalue weighted by atomic mass is 10.1. The van der Waals surface area contributed by atoms with Crippen LogP contribution in [0.2, 0.25) is 0 Å². The van der Waals surface area contributed by atoms with Gasteiger partial charge in [0.25, 0.3) is 5.76 Å². The topological polar surface area (TPSA) is 86.5 Å². The molecule has 0 unspecified atom stereocenters. The molecule has 1 rings (SSSR count). The molecule has 1 heterocycles. The van der Waals surface area contributed by atoms with Gasteiger partial charge in [-0.1, -0.05) is 0 Å². The van der Waals surface area contributed by atoms with Crippen LogP contribution < -0.4 is 10.6 Å². The summed E-state index contributed by atoms with van der Waals surface area (Å²) in [5, 5.41) is 14.6. The molecule has 6 nitrogen and oxygen atoms in total. The molecule has 0 aliphatic rings. The Morgan fingerprint density at radius 3 is 2.30 bits per heavy atom. The predicted molar refractivity (Wildman–Crippen MR) is 73.8 cm³/mol. The van der Waals surface area contributed by atoms with Crippen molar-refractivity contribution in [3.8, 4) is 6.07 Å². The molecule has 1 aromatic heterocycles. The third kappa shape index (κ3) is 5.52. The standard InChI is InChI=1S/C11H16F2N6S/c1-6(2)15-8-16-9(19-11(3,4)5-14)18-10(17-8)20-7(12)13/h6-7H,1-4H3,(H2,15,16,17,18,19). The zero-order valence-electron chi connectivity index (χ0n) is 11.6. The van der Waals surface area contributed by atoms with Crippen LogP contribution in [0.3, 0.4) is 0 Å². The van der Waals surface area contributed by atoms with Crippen molar-refractivity contribution in [3.05, 3.63) is 0 Å². The van der Waals surface area contributed by atoms with E-state index >= 15 is 0 Å². The molecule has 2 N–H and O–H groups in total. The lowest BCUT2D eigenvalue weighted by molar-refractivity contribution is 0.251. The number of nitrogens with one attached hydrogen (secondary N) is 2. The van der Waals surface area contributed by atoms with Crippen molar-refractivity contribution in [2.24, 2.45) is 0 Å². The van der Waals surface area contributed by atoms with Gasteiger partial charge in [0, 0.05) is 6.04 Å². The van der Waals surface area contributed by atoms with E-state index in [0.717, 1.165) is 0 Å². The number of halogens is 2. The molecule has 0 saturated carbocycles. The first-order chi connectivity index (χ1) is 9.21. The molecule has 1 aromatic rings. The summed E-state index contributed by atoms with van der Waals surface area (Å²) in [6.45, 7) is 7.00. The quantitative estimate of drug-likeness (QED) is 0.781. The van der Waals surface area contributed by atoms with E-state index in [1.54, 1.807) is 13.8 Å². The molecule has 0 amide bonds. The Morgan fingerprint density at radius 1 is 1.20 bits per heavy atom. The van der Waals surface area contributed by atoms with Gasteiger partial charge in [0.1, 0.15) is 5.54 Å². The number of alkyl halides is 2. The Hall–Kier alpha value is -1.69. The molecule has 0 bridgehead atoms. The van der Waals surface area contributed by atoms with Crippen LogP contribution in [0.4, 0.5) is 20.7 Å². The molecule has 0 saturated heterocycles. The van der Waals surface area contributed by atoms with Gasteiger partial charge in [-0.05, 0) is 39.5 Å². The highest BCUT2D eigenvalue weighted by atomic mass is 32.2. The van der Waals surface area contributed by atoms with E-state index in [2.05, 4.69) is 25.6 Å². The first-order valence-corrected chi connectivity index (χ1v) is 6.76. The normalized spacial score (nSPS) is 11.6. The van der Waals surface area contributed by atoms with Gasteiger partial charge in [-0.2, -0.15) is 29.0 Å². The second kappa shape index (κ2) is 6.65. The predicted octanol–water partition coefficient (Wildman–Crippen LogP) is 2.72. The minimum absolute atomic E-state index is 0.0404. The lowest BCUT2D eigenvalue weighted by Crippen LogP contribution is -2.30. The van der Waals surface area contributed by atoms with Crippen molar-refractivity contribution < 1.29 is 8.78 Å². The van der Waals surface area contributed by atoms with Crippen LogP contribution in [-0.4, -0.2) is 32.3 Å². The van der Waals surface area contributed by atoms with Gasteiger partial charge in [-0.25, -0.2) is 0 Å². The maximum atomic E-state index is 12.4. The summed E-state index contributed by atoms with van der Waals surface area (Å²) in [5.74, 6) is -2.35. The molecule has 0 radical (unpaired) electrons. The van der Waals surface area contributed by atoms with Crippen LogP contribution in [0.15, 0.2) is 5.16 Å². The highest BCUT2D eigenvalue weighted by Gasteiger charge is 2.20. The number of hydrogen-bond donors (Lipinski definition) is 2. The first-order valence-electron chi connectivity index (χ1n) is 5.88. The average molecular weight is 302 g/mol. The van der Waals surface area contributed by atoms with E-state index in [1.807, 2.05) is 19.9 Å². The number of nitriles is 1. The number of nitrogens with zero attached hydrogens (tertiary/aromatic N) is 4. The maximum absolute atomic E-state index is 12.4. The van der Waals surface area contributed by atoms with Gasteiger partial charge in [-0.15, -0.1) is 0 Å². The number of aromatic nitrogens is 3. The molecular formula is C11H16F2N6S. The van der Waals surface area contributed by atoms with Crippen molar-refractivity contribution in [1.29, 1.82) is 5.26 Å². The number of anilines is 2. The number of thioether (sulfide) groups is 1. The van der Waals surface area contributed by atoms with E-state index in [0.29, 0.717) is 0 Å².